The number of nitrogens with one attached hydrogen (secondary N) is 2. The fraction of sp³-hybridized carbons (Fsp3) is 0. The average Bonchev–Trinajstić information content (AvgIpc) is 3.14. The Balaban J connectivity index is 1.73. The highest BCUT2D eigenvalue weighted by Gasteiger charge is 2.19. The van der Waals surface area contributed by atoms with E-state index in [1.54, 1.807) is 30.3 Å². The van der Waals surface area contributed by atoms with Crippen LogP contribution in [0.15, 0.2) is 65.1 Å². The van der Waals surface area contributed by atoms with Crippen LogP contribution in [0.25, 0.3) is 11.3 Å². The second-order valence-corrected chi connectivity index (χ2v) is 5.77. The highest BCUT2D eigenvalue weighted by molar-refractivity contribution is 7.80. The van der Waals surface area contributed by atoms with Crippen LogP contribution in [0.1, 0.15) is 10.6 Å². The van der Waals surface area contributed by atoms with Gasteiger partial charge in [-0.1, -0.05) is 24.3 Å². The van der Waals surface area contributed by atoms with Gasteiger partial charge in [0.1, 0.15) is 11.5 Å². The van der Waals surface area contributed by atoms with Gasteiger partial charge in [0.2, 0.25) is 0 Å². The number of hydrogen-bond donors (Lipinski definition) is 3. The summed E-state index contributed by atoms with van der Waals surface area (Å²) < 4.78 is 5.44. The number of carbonyl (C=O) groups is 1. The Morgan fingerprint density at radius 3 is 2.52 bits per heavy atom. The Morgan fingerprint density at radius 1 is 1.07 bits per heavy atom. The number of nitro benzene ring substituents is 1. The molecule has 8 nitrogen and oxygen atoms in total. The lowest BCUT2D eigenvalue weighted by Crippen LogP contribution is -2.33. The molecule has 0 saturated carbocycles. The molecular formula is C18H13N3O5S. The van der Waals surface area contributed by atoms with Crippen molar-refractivity contribution in [2.45, 2.75) is 0 Å². The van der Waals surface area contributed by atoms with Crippen LogP contribution in [0.5, 0.6) is 5.75 Å². The van der Waals surface area contributed by atoms with Crippen LogP contribution in [0.3, 0.4) is 0 Å². The van der Waals surface area contributed by atoms with E-state index in [1.807, 2.05) is 0 Å². The minimum atomic E-state index is -0.632. The van der Waals surface area contributed by atoms with Crippen molar-refractivity contribution in [3.05, 3.63) is 76.5 Å². The molecule has 0 unspecified atom stereocenters. The first-order chi connectivity index (χ1) is 13.0. The first kappa shape index (κ1) is 18.1. The van der Waals surface area contributed by atoms with Crippen molar-refractivity contribution < 1.29 is 19.2 Å². The summed E-state index contributed by atoms with van der Waals surface area (Å²) in [7, 11) is 0. The smallest absolute Gasteiger partial charge is 0.293 e. The third kappa shape index (κ3) is 4.10. The number of nitrogens with zero attached hydrogens (tertiary/aromatic N) is 1. The molecule has 1 heterocycles. The molecule has 9 heteroatoms. The number of nitro groups is 1. The summed E-state index contributed by atoms with van der Waals surface area (Å²) in [6, 6.07) is 15.3. The van der Waals surface area contributed by atoms with Gasteiger partial charge in [-0.3, -0.25) is 20.2 Å². The van der Waals surface area contributed by atoms with Crippen molar-refractivity contribution >= 4 is 34.6 Å². The maximum atomic E-state index is 12.3. The van der Waals surface area contributed by atoms with Crippen LogP contribution in [-0.2, 0) is 0 Å². The largest absolute Gasteiger partial charge is 0.506 e. The normalized spacial score (nSPS) is 10.2. The Labute approximate surface area is 158 Å². The van der Waals surface area contributed by atoms with Crippen LogP contribution in [0.2, 0.25) is 0 Å². The molecule has 136 valence electrons. The molecule has 0 spiro atoms. The second-order valence-electron chi connectivity index (χ2n) is 5.36. The van der Waals surface area contributed by atoms with Gasteiger partial charge >= 0.3 is 0 Å². The molecule has 0 fully saturated rings. The monoisotopic (exact) mass is 383 g/mol. The zero-order valence-corrected chi connectivity index (χ0v) is 14.5. The predicted molar refractivity (Wildman–Crippen MR) is 103 cm³/mol. The van der Waals surface area contributed by atoms with Gasteiger partial charge in [-0.2, -0.15) is 0 Å². The highest BCUT2D eigenvalue weighted by Crippen LogP contribution is 2.30. The molecule has 0 saturated heterocycles. The van der Waals surface area contributed by atoms with Gasteiger partial charge in [0.05, 0.1) is 16.2 Å². The number of anilines is 1. The van der Waals surface area contributed by atoms with Gasteiger partial charge in [0.25, 0.3) is 11.6 Å². The Morgan fingerprint density at radius 2 is 1.78 bits per heavy atom. The number of phenolic OH excluding ortho intramolecular Hbond substituents is 1. The molecule has 1 amide bonds. The minimum absolute atomic E-state index is 0.0224. The van der Waals surface area contributed by atoms with Crippen molar-refractivity contribution in [3.8, 4) is 17.1 Å². The maximum Gasteiger partial charge on any atom is 0.293 e. The van der Waals surface area contributed by atoms with E-state index in [0.29, 0.717) is 5.69 Å². The first-order valence-corrected chi connectivity index (χ1v) is 8.10. The molecule has 0 aliphatic carbocycles. The highest BCUT2D eigenvalue weighted by atomic mass is 32.1. The molecule has 0 aliphatic rings. The van der Waals surface area contributed by atoms with Crippen LogP contribution in [0, 0.1) is 10.1 Å². The standard InChI is InChI=1S/C18H13N3O5S/c22-14-8-4-2-6-12(14)19-18(27)20-17(23)16-10-9-15(26-16)11-5-1-3-7-13(11)21(24)25/h1-10,22H,(H2,19,20,23,27). The number of hydrogen-bond acceptors (Lipinski definition) is 6. The van der Waals surface area contributed by atoms with Crippen molar-refractivity contribution in [2.75, 3.05) is 5.32 Å². The third-order valence-electron chi connectivity index (χ3n) is 3.58. The Bertz CT molecular complexity index is 1030. The van der Waals surface area contributed by atoms with Crippen LogP contribution < -0.4 is 10.6 Å². The summed E-state index contributed by atoms with van der Waals surface area (Å²) in [6.07, 6.45) is 0. The van der Waals surface area contributed by atoms with Crippen LogP contribution in [-0.4, -0.2) is 21.0 Å². The van der Waals surface area contributed by atoms with Gasteiger partial charge in [-0.25, -0.2) is 0 Å². The zero-order valence-electron chi connectivity index (χ0n) is 13.7. The van der Waals surface area contributed by atoms with E-state index in [0.717, 1.165) is 0 Å². The second kappa shape index (κ2) is 7.67. The van der Waals surface area contributed by atoms with Crippen LogP contribution in [0.4, 0.5) is 11.4 Å². The molecule has 3 N–H and O–H groups in total. The van der Waals surface area contributed by atoms with E-state index in [4.69, 9.17) is 16.6 Å². The fourth-order valence-electron chi connectivity index (χ4n) is 2.34. The molecule has 3 rings (SSSR count). The van der Waals surface area contributed by atoms with E-state index in [9.17, 15) is 20.0 Å². The van der Waals surface area contributed by atoms with E-state index < -0.39 is 10.8 Å². The van der Waals surface area contributed by atoms with Crippen molar-refractivity contribution in [3.63, 3.8) is 0 Å². The lowest BCUT2D eigenvalue weighted by atomic mass is 10.1. The minimum Gasteiger partial charge on any atom is -0.506 e. The molecule has 0 bridgehead atoms. The number of rotatable bonds is 4. The number of para-hydroxylation sites is 3. The van der Waals surface area contributed by atoms with E-state index in [-0.39, 0.29) is 33.6 Å². The lowest BCUT2D eigenvalue weighted by molar-refractivity contribution is -0.384. The van der Waals surface area contributed by atoms with Gasteiger partial charge in [0.15, 0.2) is 10.9 Å². The molecule has 1 aromatic heterocycles. The first-order valence-electron chi connectivity index (χ1n) is 7.69. The molecule has 27 heavy (non-hydrogen) atoms. The summed E-state index contributed by atoms with van der Waals surface area (Å²) in [5.74, 6) is -0.532. The molecule has 0 atom stereocenters. The van der Waals surface area contributed by atoms with E-state index in [2.05, 4.69) is 10.6 Å². The van der Waals surface area contributed by atoms with Gasteiger partial charge in [0, 0.05) is 6.07 Å². The van der Waals surface area contributed by atoms with E-state index in [1.165, 1.54) is 30.3 Å². The average molecular weight is 383 g/mol. The van der Waals surface area contributed by atoms with Gasteiger partial charge in [-0.15, -0.1) is 0 Å². The van der Waals surface area contributed by atoms with E-state index >= 15 is 0 Å². The van der Waals surface area contributed by atoms with Gasteiger partial charge in [-0.05, 0) is 42.5 Å². The predicted octanol–water partition coefficient (Wildman–Crippen LogP) is 3.69. The third-order valence-corrected chi connectivity index (χ3v) is 3.78. The molecule has 0 radical (unpaired) electrons. The number of benzene rings is 2. The number of phenols is 1. The summed E-state index contributed by atoms with van der Waals surface area (Å²) >= 11 is 5.04. The lowest BCUT2D eigenvalue weighted by Gasteiger charge is -2.09. The maximum absolute atomic E-state index is 12.3. The number of amides is 1. The van der Waals surface area contributed by atoms with Crippen molar-refractivity contribution in [2.24, 2.45) is 0 Å². The molecule has 2 aromatic carbocycles. The number of thiocarbonyl (C=S) groups is 1. The Hall–Kier alpha value is -3.72. The topological polar surface area (TPSA) is 118 Å². The van der Waals surface area contributed by atoms with Crippen molar-refractivity contribution in [1.29, 1.82) is 0 Å². The molecular weight excluding hydrogens is 370 g/mol. The molecule has 0 aliphatic heterocycles. The van der Waals surface area contributed by atoms with Crippen LogP contribution >= 0.6 is 12.2 Å². The van der Waals surface area contributed by atoms with Gasteiger partial charge < -0.3 is 14.8 Å². The quantitative estimate of drug-likeness (QED) is 0.272. The summed E-state index contributed by atoms with van der Waals surface area (Å²) in [5, 5.41) is 25.9. The summed E-state index contributed by atoms with van der Waals surface area (Å²) in [4.78, 5) is 22.9. The molecule has 3 aromatic rings. The SMILES string of the molecule is O=C(NC(=S)Nc1ccccc1O)c1ccc(-c2ccccc2[N+](=O)[O-])o1. The zero-order chi connectivity index (χ0) is 19.4. The summed E-state index contributed by atoms with van der Waals surface area (Å²) in [5.41, 5.74) is 0.467. The summed E-state index contributed by atoms with van der Waals surface area (Å²) in [6.45, 7) is 0. The Kier molecular flexibility index (Phi) is 5.13. The number of aromatic hydroxyl groups is 1. The fourth-order valence-corrected chi connectivity index (χ4v) is 2.55. The van der Waals surface area contributed by atoms with Crippen molar-refractivity contribution in [1.82, 2.24) is 5.32 Å². The number of furan rings is 1. The number of carbonyl (C=O) groups excluding carboxylic acids is 1.